The fourth-order valence-electron chi connectivity index (χ4n) is 1.11. The normalized spacial score (nSPS) is 10.1. The molecule has 0 aliphatic heterocycles. The average molecular weight is 187 g/mol. The maximum Gasteiger partial charge on any atom is 0.227 e. The highest BCUT2D eigenvalue weighted by atomic mass is 16.2. The van der Waals surface area contributed by atoms with E-state index in [1.165, 1.54) is 6.92 Å². The molecule has 0 unspecified atom stereocenters. The summed E-state index contributed by atoms with van der Waals surface area (Å²) in [5, 5.41) is 0. The summed E-state index contributed by atoms with van der Waals surface area (Å²) in [6.45, 7) is 5.09. The molecule has 0 aromatic heterocycles. The van der Waals surface area contributed by atoms with Crippen molar-refractivity contribution in [1.82, 2.24) is 0 Å². The van der Waals surface area contributed by atoms with Gasteiger partial charge in [0.05, 0.1) is 0 Å². The highest BCUT2D eigenvalue weighted by Gasteiger charge is 2.05. The monoisotopic (exact) mass is 187 g/mol. The molecule has 2 nitrogen and oxygen atoms in total. The second kappa shape index (κ2) is 5.02. The molecule has 0 aliphatic rings. The van der Waals surface area contributed by atoms with E-state index in [9.17, 15) is 4.79 Å². The largest absolute Gasteiger partial charge is 0.288 e. The number of anilines is 1. The zero-order chi connectivity index (χ0) is 10.4. The summed E-state index contributed by atoms with van der Waals surface area (Å²) in [4.78, 5) is 12.9. The molecular weight excluding hydrogens is 174 g/mol. The molecule has 1 aromatic carbocycles. The van der Waals surface area contributed by atoms with E-state index in [4.69, 9.17) is 0 Å². The number of nitrogens with zero attached hydrogens (tertiary/aromatic N) is 1. The van der Waals surface area contributed by atoms with Gasteiger partial charge in [0.15, 0.2) is 0 Å². The zero-order valence-electron chi connectivity index (χ0n) is 8.18. The van der Waals surface area contributed by atoms with Crippen LogP contribution >= 0.6 is 0 Å². The van der Waals surface area contributed by atoms with Gasteiger partial charge in [0.1, 0.15) is 0 Å². The molecule has 0 saturated heterocycles. The molecule has 0 atom stereocenters. The number of amides is 1. The number of hydrogen-bond acceptors (Lipinski definition) is 1. The van der Waals surface area contributed by atoms with Gasteiger partial charge in [-0.05, 0) is 18.2 Å². The molecule has 0 aliphatic carbocycles. The number of para-hydroxylation sites is 1. The van der Waals surface area contributed by atoms with Crippen LogP contribution in [0.4, 0.5) is 5.69 Å². The molecule has 1 amide bonds. The van der Waals surface area contributed by atoms with Crippen molar-refractivity contribution in [3.63, 3.8) is 0 Å². The summed E-state index contributed by atoms with van der Waals surface area (Å²) in [5.74, 6) is -0.0192. The minimum atomic E-state index is -0.0192. The fraction of sp³-hybridized carbons (Fsp3) is 0.0833. The Labute approximate surface area is 84.2 Å². The summed E-state index contributed by atoms with van der Waals surface area (Å²) in [5.41, 5.74) is 0.859. The van der Waals surface area contributed by atoms with Crippen LogP contribution in [0.25, 0.3) is 0 Å². The van der Waals surface area contributed by atoms with E-state index >= 15 is 0 Å². The Morgan fingerprint density at radius 2 is 2.00 bits per heavy atom. The van der Waals surface area contributed by atoms with E-state index in [2.05, 4.69) is 6.58 Å². The minimum absolute atomic E-state index is 0.0192. The average Bonchev–Trinajstić information content (AvgIpc) is 2.19. The molecule has 14 heavy (non-hydrogen) atoms. The van der Waals surface area contributed by atoms with Crippen LogP contribution in [0.1, 0.15) is 6.92 Å². The quantitative estimate of drug-likeness (QED) is 0.666. The summed E-state index contributed by atoms with van der Waals surface area (Å²) in [6, 6.07) is 9.47. The van der Waals surface area contributed by atoms with Crippen LogP contribution in [0.2, 0.25) is 0 Å². The summed E-state index contributed by atoms with van der Waals surface area (Å²) in [7, 11) is 0. The van der Waals surface area contributed by atoms with Crippen molar-refractivity contribution in [3.8, 4) is 0 Å². The number of rotatable bonds is 3. The van der Waals surface area contributed by atoms with E-state index in [1.807, 2.05) is 30.3 Å². The Bertz CT molecular complexity index is 341. The summed E-state index contributed by atoms with van der Waals surface area (Å²) in [6.07, 6.45) is 5.07. The van der Waals surface area contributed by atoms with E-state index in [-0.39, 0.29) is 5.91 Å². The molecule has 0 bridgehead atoms. The van der Waals surface area contributed by atoms with E-state index in [0.29, 0.717) is 0 Å². The lowest BCUT2D eigenvalue weighted by Crippen LogP contribution is -2.21. The molecule has 0 radical (unpaired) electrons. The number of carbonyl (C=O) groups excluding carboxylic acids is 1. The van der Waals surface area contributed by atoms with E-state index < -0.39 is 0 Å². The Hall–Kier alpha value is -1.83. The lowest BCUT2D eigenvalue weighted by atomic mass is 10.3. The van der Waals surface area contributed by atoms with Crippen LogP contribution in [0.15, 0.2) is 55.3 Å². The number of allylic oxidation sites excluding steroid dienone is 2. The van der Waals surface area contributed by atoms with E-state index in [1.54, 1.807) is 23.3 Å². The second-order valence-electron chi connectivity index (χ2n) is 2.80. The van der Waals surface area contributed by atoms with Gasteiger partial charge >= 0.3 is 0 Å². The SMILES string of the molecule is C=CC=CN(C(C)=O)c1ccccc1. The van der Waals surface area contributed by atoms with Gasteiger partial charge in [-0.25, -0.2) is 0 Å². The first-order valence-corrected chi connectivity index (χ1v) is 4.40. The van der Waals surface area contributed by atoms with Gasteiger partial charge in [0.25, 0.3) is 0 Å². The Morgan fingerprint density at radius 1 is 1.36 bits per heavy atom. The molecular formula is C12H13NO. The molecule has 1 rings (SSSR count). The molecule has 72 valence electrons. The maximum absolute atomic E-state index is 11.3. The fourth-order valence-corrected chi connectivity index (χ4v) is 1.11. The second-order valence-corrected chi connectivity index (χ2v) is 2.80. The van der Waals surface area contributed by atoms with Crippen LogP contribution in [0, 0.1) is 0 Å². The first-order valence-electron chi connectivity index (χ1n) is 4.40. The minimum Gasteiger partial charge on any atom is -0.288 e. The highest BCUT2D eigenvalue weighted by molar-refractivity contribution is 5.93. The van der Waals surface area contributed by atoms with Crippen molar-refractivity contribution >= 4 is 11.6 Å². The Kier molecular flexibility index (Phi) is 3.68. The van der Waals surface area contributed by atoms with Crippen LogP contribution < -0.4 is 4.90 Å². The third-order valence-corrected chi connectivity index (χ3v) is 1.74. The first kappa shape index (κ1) is 10.3. The molecule has 0 fully saturated rings. The molecule has 0 heterocycles. The number of benzene rings is 1. The Balaban J connectivity index is 2.94. The predicted octanol–water partition coefficient (Wildman–Crippen LogP) is 2.74. The standard InChI is InChI=1S/C12H13NO/c1-3-4-10-13(11(2)14)12-8-6-5-7-9-12/h3-10H,1H2,2H3. The van der Waals surface area contributed by atoms with Crippen LogP contribution in [-0.4, -0.2) is 5.91 Å². The zero-order valence-corrected chi connectivity index (χ0v) is 8.18. The third kappa shape index (κ3) is 2.59. The van der Waals surface area contributed by atoms with Crippen molar-refractivity contribution in [1.29, 1.82) is 0 Å². The number of carbonyl (C=O) groups is 1. The van der Waals surface area contributed by atoms with Crippen molar-refractivity contribution in [3.05, 3.63) is 55.3 Å². The first-order chi connectivity index (χ1) is 6.75. The summed E-state index contributed by atoms with van der Waals surface area (Å²) >= 11 is 0. The molecule has 0 N–H and O–H groups in total. The van der Waals surface area contributed by atoms with Gasteiger partial charge in [0, 0.05) is 18.8 Å². The number of hydrogen-bond donors (Lipinski definition) is 0. The smallest absolute Gasteiger partial charge is 0.227 e. The van der Waals surface area contributed by atoms with Crippen molar-refractivity contribution in [2.75, 3.05) is 4.90 Å². The lowest BCUT2D eigenvalue weighted by Gasteiger charge is -2.15. The molecule has 0 saturated carbocycles. The van der Waals surface area contributed by atoms with E-state index in [0.717, 1.165) is 5.69 Å². The van der Waals surface area contributed by atoms with Crippen molar-refractivity contribution in [2.24, 2.45) is 0 Å². The molecule has 0 spiro atoms. The van der Waals surface area contributed by atoms with Gasteiger partial charge in [-0.15, -0.1) is 0 Å². The van der Waals surface area contributed by atoms with Crippen molar-refractivity contribution in [2.45, 2.75) is 6.92 Å². The summed E-state index contributed by atoms with van der Waals surface area (Å²) < 4.78 is 0. The third-order valence-electron chi connectivity index (χ3n) is 1.74. The van der Waals surface area contributed by atoms with Crippen LogP contribution in [0.5, 0.6) is 0 Å². The maximum atomic E-state index is 11.3. The predicted molar refractivity (Wildman–Crippen MR) is 58.9 cm³/mol. The topological polar surface area (TPSA) is 20.3 Å². The van der Waals surface area contributed by atoms with Gasteiger partial charge in [0.2, 0.25) is 5.91 Å². The van der Waals surface area contributed by atoms with Crippen molar-refractivity contribution < 1.29 is 4.79 Å². The molecule has 2 heteroatoms. The van der Waals surface area contributed by atoms with Gasteiger partial charge in [-0.3, -0.25) is 9.69 Å². The Morgan fingerprint density at radius 3 is 2.50 bits per heavy atom. The van der Waals surface area contributed by atoms with Gasteiger partial charge in [-0.1, -0.05) is 30.9 Å². The lowest BCUT2D eigenvalue weighted by molar-refractivity contribution is -0.115. The van der Waals surface area contributed by atoms with Gasteiger partial charge in [-0.2, -0.15) is 0 Å². The molecule has 1 aromatic rings. The van der Waals surface area contributed by atoms with Crippen LogP contribution in [0.3, 0.4) is 0 Å². The van der Waals surface area contributed by atoms with Gasteiger partial charge < -0.3 is 0 Å². The highest BCUT2D eigenvalue weighted by Crippen LogP contribution is 2.13. The van der Waals surface area contributed by atoms with Crippen LogP contribution in [-0.2, 0) is 4.79 Å².